The summed E-state index contributed by atoms with van der Waals surface area (Å²) in [6.07, 6.45) is 1.03. The van der Waals surface area contributed by atoms with Crippen molar-refractivity contribution in [3.05, 3.63) is 43.5 Å². The molecule has 8 nitrogen and oxygen atoms in total. The molecule has 0 bridgehead atoms. The minimum atomic E-state index is -1.35. The highest BCUT2D eigenvalue weighted by atomic mass is 79.9. The van der Waals surface area contributed by atoms with Crippen LogP contribution in [0.2, 0.25) is 5.02 Å². The fourth-order valence-corrected chi connectivity index (χ4v) is 2.55. The molecule has 0 aliphatic carbocycles. The van der Waals surface area contributed by atoms with E-state index < -0.39 is 22.6 Å². The Balaban J connectivity index is 2.30. The van der Waals surface area contributed by atoms with Crippen molar-refractivity contribution in [2.75, 3.05) is 5.32 Å². The summed E-state index contributed by atoms with van der Waals surface area (Å²) >= 11 is 8.99. The number of anilines is 1. The van der Waals surface area contributed by atoms with Gasteiger partial charge in [0.15, 0.2) is 5.57 Å². The summed E-state index contributed by atoms with van der Waals surface area (Å²) in [5.41, 5.74) is -0.476. The van der Waals surface area contributed by atoms with Crippen molar-refractivity contribution in [3.63, 3.8) is 0 Å². The van der Waals surface area contributed by atoms with Crippen molar-refractivity contribution in [2.45, 2.75) is 19.6 Å². The van der Waals surface area contributed by atoms with Crippen molar-refractivity contribution >= 4 is 50.8 Å². The molecule has 1 N–H and O–H groups in total. The molecule has 0 unspecified atom stereocenters. The first kappa shape index (κ1) is 17.2. The lowest BCUT2D eigenvalue weighted by Gasteiger charge is -2.29. The molecule has 1 aliphatic heterocycles. The number of carbonyl (C=O) groups is 2. The fraction of sp³-hybridized carbons (Fsp3) is 0.231. The Labute approximate surface area is 143 Å². The van der Waals surface area contributed by atoms with Crippen molar-refractivity contribution in [1.82, 2.24) is 0 Å². The van der Waals surface area contributed by atoms with Crippen LogP contribution in [-0.2, 0) is 19.1 Å². The zero-order valence-corrected chi connectivity index (χ0v) is 14.2. The van der Waals surface area contributed by atoms with Crippen LogP contribution in [0.15, 0.2) is 28.4 Å². The van der Waals surface area contributed by atoms with Gasteiger partial charge < -0.3 is 14.8 Å². The van der Waals surface area contributed by atoms with Crippen molar-refractivity contribution in [2.24, 2.45) is 0 Å². The Morgan fingerprint density at radius 1 is 1.30 bits per heavy atom. The predicted molar refractivity (Wildman–Crippen MR) is 83.8 cm³/mol. The molecule has 0 spiro atoms. The Kier molecular flexibility index (Phi) is 4.62. The van der Waals surface area contributed by atoms with Crippen LogP contribution in [0.5, 0.6) is 0 Å². The lowest BCUT2D eigenvalue weighted by molar-refractivity contribution is -0.385. The second-order valence-corrected chi connectivity index (χ2v) is 6.18. The van der Waals surface area contributed by atoms with E-state index in [-0.39, 0.29) is 26.4 Å². The van der Waals surface area contributed by atoms with E-state index in [2.05, 4.69) is 21.2 Å². The zero-order valence-electron chi connectivity index (χ0n) is 11.9. The van der Waals surface area contributed by atoms with E-state index in [4.69, 9.17) is 21.1 Å². The topological polar surface area (TPSA) is 108 Å². The number of benzene rings is 1. The first-order valence-electron chi connectivity index (χ1n) is 6.17. The molecule has 0 saturated carbocycles. The van der Waals surface area contributed by atoms with Crippen LogP contribution in [-0.4, -0.2) is 22.6 Å². The fourth-order valence-electron chi connectivity index (χ4n) is 1.72. The molecule has 1 aromatic rings. The third-order valence-corrected chi connectivity index (χ3v) is 3.67. The predicted octanol–water partition coefficient (Wildman–Crippen LogP) is 3.14. The first-order valence-corrected chi connectivity index (χ1v) is 7.34. The van der Waals surface area contributed by atoms with Gasteiger partial charge in [0.1, 0.15) is 0 Å². The number of halogens is 2. The van der Waals surface area contributed by atoms with Gasteiger partial charge in [0.05, 0.1) is 20.1 Å². The van der Waals surface area contributed by atoms with Crippen LogP contribution in [0, 0.1) is 10.1 Å². The maximum atomic E-state index is 11.8. The highest BCUT2D eigenvalue weighted by Gasteiger charge is 2.39. The molecule has 122 valence electrons. The van der Waals surface area contributed by atoms with Gasteiger partial charge in [-0.05, 0) is 22.0 Å². The lowest BCUT2D eigenvalue weighted by atomic mass is 10.2. The quantitative estimate of drug-likeness (QED) is 0.270. The number of esters is 2. The molecule has 1 heterocycles. The Bertz CT molecular complexity index is 724. The SMILES string of the molecule is CC1(C)OC(=O)C(=CNc2cc([N+](=O)[O-])c(Br)cc2Cl)C(=O)O1. The van der Waals surface area contributed by atoms with Crippen LogP contribution in [0.3, 0.4) is 0 Å². The molecular formula is C13H10BrClN2O6. The summed E-state index contributed by atoms with van der Waals surface area (Å²) in [7, 11) is 0. The summed E-state index contributed by atoms with van der Waals surface area (Å²) in [4.78, 5) is 33.9. The Hall–Kier alpha value is -2.13. The Morgan fingerprint density at radius 2 is 1.87 bits per heavy atom. The van der Waals surface area contributed by atoms with E-state index >= 15 is 0 Å². The number of cyclic esters (lactones) is 2. The molecule has 0 radical (unpaired) electrons. The number of ether oxygens (including phenoxy) is 2. The number of nitro benzene ring substituents is 1. The van der Waals surface area contributed by atoms with E-state index in [1.54, 1.807) is 0 Å². The van der Waals surface area contributed by atoms with Gasteiger partial charge in [0, 0.05) is 26.1 Å². The molecule has 0 aromatic heterocycles. The minimum Gasteiger partial charge on any atom is -0.419 e. The molecule has 0 atom stereocenters. The van der Waals surface area contributed by atoms with Crippen molar-refractivity contribution < 1.29 is 24.0 Å². The van der Waals surface area contributed by atoms with Gasteiger partial charge in [-0.1, -0.05) is 11.6 Å². The molecular weight excluding hydrogens is 396 g/mol. The van der Waals surface area contributed by atoms with E-state index in [1.807, 2.05) is 0 Å². The second-order valence-electron chi connectivity index (χ2n) is 4.92. The molecule has 23 heavy (non-hydrogen) atoms. The van der Waals surface area contributed by atoms with Gasteiger partial charge in [0.25, 0.3) is 11.5 Å². The molecule has 1 aromatic carbocycles. The van der Waals surface area contributed by atoms with Crippen LogP contribution in [0.1, 0.15) is 13.8 Å². The number of hydrogen-bond acceptors (Lipinski definition) is 7. The van der Waals surface area contributed by atoms with E-state index in [0.717, 1.165) is 12.3 Å². The van der Waals surface area contributed by atoms with Crippen LogP contribution < -0.4 is 5.32 Å². The normalized spacial score (nSPS) is 16.4. The largest absolute Gasteiger partial charge is 0.419 e. The maximum absolute atomic E-state index is 11.8. The van der Waals surface area contributed by atoms with Gasteiger partial charge in [0.2, 0.25) is 0 Å². The van der Waals surface area contributed by atoms with E-state index in [1.165, 1.54) is 19.9 Å². The number of nitrogens with zero attached hydrogens (tertiary/aromatic N) is 1. The number of nitrogens with one attached hydrogen (secondary N) is 1. The third-order valence-electron chi connectivity index (χ3n) is 2.72. The van der Waals surface area contributed by atoms with E-state index in [0.29, 0.717) is 0 Å². The van der Waals surface area contributed by atoms with Crippen molar-refractivity contribution in [1.29, 1.82) is 0 Å². The highest BCUT2D eigenvalue weighted by molar-refractivity contribution is 9.10. The lowest BCUT2D eigenvalue weighted by Crippen LogP contribution is -2.42. The maximum Gasteiger partial charge on any atom is 0.350 e. The summed E-state index contributed by atoms with van der Waals surface area (Å²) in [5, 5.41) is 13.6. The molecule has 1 saturated heterocycles. The number of carbonyl (C=O) groups excluding carboxylic acids is 2. The van der Waals surface area contributed by atoms with Gasteiger partial charge in [-0.3, -0.25) is 10.1 Å². The highest BCUT2D eigenvalue weighted by Crippen LogP contribution is 2.34. The standard InChI is InChI=1S/C13H10BrClN2O6/c1-13(2)22-11(18)6(12(19)23-13)5-16-9-4-10(17(20)21)7(14)3-8(9)15/h3-5,16H,1-2H3. The zero-order chi connectivity index (χ0) is 17.4. The summed E-state index contributed by atoms with van der Waals surface area (Å²) in [5.74, 6) is -3.09. The summed E-state index contributed by atoms with van der Waals surface area (Å²) in [6.45, 7) is 2.84. The van der Waals surface area contributed by atoms with E-state index in [9.17, 15) is 19.7 Å². The third kappa shape index (κ3) is 3.80. The van der Waals surface area contributed by atoms with Crippen LogP contribution in [0.25, 0.3) is 0 Å². The summed E-state index contributed by atoms with van der Waals surface area (Å²) < 4.78 is 10.0. The smallest absolute Gasteiger partial charge is 0.350 e. The second kappa shape index (κ2) is 6.17. The average molecular weight is 406 g/mol. The average Bonchev–Trinajstić information content (AvgIpc) is 2.37. The molecule has 1 fully saturated rings. The van der Waals surface area contributed by atoms with Gasteiger partial charge in [-0.15, -0.1) is 0 Å². The summed E-state index contributed by atoms with van der Waals surface area (Å²) in [6, 6.07) is 2.48. The monoisotopic (exact) mass is 404 g/mol. The van der Waals surface area contributed by atoms with Gasteiger partial charge in [-0.2, -0.15) is 0 Å². The number of nitro groups is 1. The first-order chi connectivity index (χ1) is 10.6. The molecule has 0 amide bonds. The molecule has 1 aliphatic rings. The van der Waals surface area contributed by atoms with Gasteiger partial charge in [-0.25, -0.2) is 9.59 Å². The molecule has 10 heteroatoms. The number of rotatable bonds is 3. The van der Waals surface area contributed by atoms with Crippen LogP contribution >= 0.6 is 27.5 Å². The van der Waals surface area contributed by atoms with Crippen molar-refractivity contribution in [3.8, 4) is 0 Å². The minimum absolute atomic E-state index is 0.138. The van der Waals surface area contributed by atoms with Gasteiger partial charge >= 0.3 is 11.9 Å². The number of hydrogen-bond donors (Lipinski definition) is 1. The molecule has 2 rings (SSSR count). The van der Waals surface area contributed by atoms with Crippen LogP contribution in [0.4, 0.5) is 11.4 Å². The Morgan fingerprint density at radius 3 is 2.39 bits per heavy atom.